The van der Waals surface area contributed by atoms with Gasteiger partial charge in [0, 0.05) is 35.6 Å². The Balaban J connectivity index is 0.00000306. The number of hydrogen-bond donors (Lipinski definition) is 0. The molecule has 2 heterocycles. The summed E-state index contributed by atoms with van der Waals surface area (Å²) in [5.74, 6) is 1.45. The van der Waals surface area contributed by atoms with E-state index in [1.807, 2.05) is 39.1 Å². The maximum Gasteiger partial charge on any atom is 0.340 e. The summed E-state index contributed by atoms with van der Waals surface area (Å²) in [6, 6.07) is 10.4. The van der Waals surface area contributed by atoms with Gasteiger partial charge < -0.3 is 47.2 Å². The molecule has 1 aliphatic heterocycles. The second-order valence-electron chi connectivity index (χ2n) is 8.92. The van der Waals surface area contributed by atoms with Crippen LogP contribution in [0.5, 0.6) is 11.5 Å². The highest BCUT2D eigenvalue weighted by Gasteiger charge is 2.33. The minimum atomic E-state index is -0.274. The van der Waals surface area contributed by atoms with Gasteiger partial charge in [-0.05, 0) is 49.7 Å². The number of fused-ring (bicyclic) bond motifs is 2. The number of nitrogens with zero attached hydrogens (tertiary/aromatic N) is 2. The van der Waals surface area contributed by atoms with Crippen LogP contribution in [-0.2, 0) is 31.3 Å². The van der Waals surface area contributed by atoms with E-state index in [0.717, 1.165) is 64.2 Å². The molecule has 0 N–H and O–H groups in total. The largest absolute Gasteiger partial charge is 1.00 e. The molecule has 0 aliphatic carbocycles. The van der Waals surface area contributed by atoms with Gasteiger partial charge in [0.15, 0.2) is 0 Å². The zero-order valence-electron chi connectivity index (χ0n) is 20.3. The van der Waals surface area contributed by atoms with Gasteiger partial charge in [0.1, 0.15) is 24.6 Å². The molecule has 1 atom stereocenters. The van der Waals surface area contributed by atoms with Gasteiger partial charge in [-0.25, -0.2) is 4.79 Å². The molecule has 0 saturated carbocycles. The number of esters is 1. The quantitative estimate of drug-likeness (QED) is 0.258. The topological polar surface area (TPSA) is 49.7 Å². The molecule has 33 heavy (non-hydrogen) atoms. The van der Waals surface area contributed by atoms with Gasteiger partial charge in [0.2, 0.25) is 0 Å². The number of aryl methyl sites for hydroxylation is 1. The second kappa shape index (κ2) is 9.93. The molecule has 0 saturated heterocycles. The Kier molecular flexibility index (Phi) is 7.63. The molecule has 0 spiro atoms. The number of quaternary nitrogens is 1. The molecule has 0 amide bonds. The zero-order valence-corrected chi connectivity index (χ0v) is 22.5. The highest BCUT2D eigenvalue weighted by molar-refractivity contribution is 6.07. The molecule has 0 radical (unpaired) electrons. The second-order valence-corrected chi connectivity index (χ2v) is 8.92. The van der Waals surface area contributed by atoms with Crippen molar-refractivity contribution in [2.45, 2.75) is 33.4 Å². The van der Waals surface area contributed by atoms with E-state index in [1.54, 1.807) is 14.2 Å². The fourth-order valence-corrected chi connectivity index (χ4v) is 5.02. The number of carbonyl (C=O) groups is 1. The van der Waals surface area contributed by atoms with Crippen molar-refractivity contribution >= 4 is 16.9 Å². The van der Waals surface area contributed by atoms with E-state index < -0.39 is 0 Å². The van der Waals surface area contributed by atoms with Gasteiger partial charge >= 0.3 is 5.97 Å². The lowest BCUT2D eigenvalue weighted by Gasteiger charge is -2.39. The number of rotatable bonds is 6. The van der Waals surface area contributed by atoms with Gasteiger partial charge in [0.05, 0.1) is 45.5 Å². The number of methoxy groups -OCH3 is 2. The number of hydrogen-bond acceptors (Lipinski definition) is 4. The van der Waals surface area contributed by atoms with Crippen LogP contribution in [0.25, 0.3) is 10.9 Å². The molecular weight excluding hydrogens is 531 g/mol. The Labute approximate surface area is 213 Å². The summed E-state index contributed by atoms with van der Waals surface area (Å²) < 4.78 is 19.5. The van der Waals surface area contributed by atoms with Gasteiger partial charge in [-0.15, -0.1) is 0 Å². The van der Waals surface area contributed by atoms with Gasteiger partial charge in [-0.3, -0.25) is 0 Å². The molecule has 3 aromatic rings. The van der Waals surface area contributed by atoms with Crippen molar-refractivity contribution < 1.29 is 47.5 Å². The lowest BCUT2D eigenvalue weighted by Crippen LogP contribution is -3.00. The van der Waals surface area contributed by atoms with Crippen molar-refractivity contribution in [2.24, 2.45) is 7.05 Å². The van der Waals surface area contributed by atoms with E-state index in [2.05, 4.69) is 23.7 Å². The summed E-state index contributed by atoms with van der Waals surface area (Å²) in [7, 11) is 7.69. The molecule has 1 unspecified atom stereocenters. The molecule has 4 rings (SSSR count). The Hall–Kier alpha value is -2.26. The predicted octanol–water partition coefficient (Wildman–Crippen LogP) is 1.39. The Bertz CT molecular complexity index is 1190. The molecule has 1 aliphatic rings. The summed E-state index contributed by atoms with van der Waals surface area (Å²) in [5, 5.41) is 0.947. The molecule has 1 aromatic heterocycles. The Morgan fingerprint density at radius 2 is 1.88 bits per heavy atom. The number of aromatic nitrogens is 1. The smallest absolute Gasteiger partial charge is 0.340 e. The van der Waals surface area contributed by atoms with E-state index >= 15 is 0 Å². The van der Waals surface area contributed by atoms with E-state index in [-0.39, 0.29) is 29.9 Å². The van der Waals surface area contributed by atoms with Crippen molar-refractivity contribution in [3.8, 4) is 11.5 Å². The zero-order chi connectivity index (χ0) is 23.0. The predicted molar refractivity (Wildman–Crippen MR) is 125 cm³/mol. The fourth-order valence-electron chi connectivity index (χ4n) is 5.02. The number of benzene rings is 2. The van der Waals surface area contributed by atoms with Crippen molar-refractivity contribution in [3.05, 3.63) is 58.3 Å². The van der Waals surface area contributed by atoms with Crippen LogP contribution in [0.15, 0.2) is 30.3 Å². The van der Waals surface area contributed by atoms with Crippen LogP contribution >= 0.6 is 0 Å². The highest BCUT2D eigenvalue weighted by Crippen LogP contribution is 2.38. The summed E-state index contributed by atoms with van der Waals surface area (Å²) in [5.41, 5.74) is 6.35. The molecule has 7 heteroatoms. The van der Waals surface area contributed by atoms with E-state index in [9.17, 15) is 4.79 Å². The third-order valence-corrected chi connectivity index (χ3v) is 6.85. The van der Waals surface area contributed by atoms with Crippen LogP contribution in [0.2, 0.25) is 0 Å². The fraction of sp³-hybridized carbons (Fsp3) is 0.423. The van der Waals surface area contributed by atoms with Gasteiger partial charge in [0.25, 0.3) is 0 Å². The van der Waals surface area contributed by atoms with Gasteiger partial charge in [-0.1, -0.05) is 0 Å². The molecule has 6 nitrogen and oxygen atoms in total. The van der Waals surface area contributed by atoms with Crippen molar-refractivity contribution in [1.82, 2.24) is 4.57 Å². The number of halogens is 1. The molecule has 0 fully saturated rings. The third kappa shape index (κ3) is 4.57. The first-order chi connectivity index (χ1) is 15.3. The SMILES string of the molecule is CCOC(=O)c1c(C)n(C)c2ccc(OC)c(C[N+]3(C)CCc4cc(OC)ccc4C3)c12.[I-]. The lowest BCUT2D eigenvalue weighted by atomic mass is 9.95. The van der Waals surface area contributed by atoms with Crippen molar-refractivity contribution in [2.75, 3.05) is 34.4 Å². The first-order valence-electron chi connectivity index (χ1n) is 11.1. The van der Waals surface area contributed by atoms with Crippen LogP contribution in [0, 0.1) is 6.92 Å². The number of likely N-dealkylation sites (N-methyl/N-ethyl adjacent to an activating group) is 1. The molecule has 0 bridgehead atoms. The third-order valence-electron chi connectivity index (χ3n) is 6.85. The van der Waals surface area contributed by atoms with Crippen LogP contribution in [0.4, 0.5) is 0 Å². The molecule has 178 valence electrons. The van der Waals surface area contributed by atoms with Crippen LogP contribution < -0.4 is 33.5 Å². The minimum Gasteiger partial charge on any atom is -1.00 e. The summed E-state index contributed by atoms with van der Waals surface area (Å²) >= 11 is 0. The monoisotopic (exact) mass is 564 g/mol. The van der Waals surface area contributed by atoms with Crippen molar-refractivity contribution in [1.29, 1.82) is 0 Å². The van der Waals surface area contributed by atoms with E-state index in [4.69, 9.17) is 14.2 Å². The Morgan fingerprint density at radius 1 is 1.12 bits per heavy atom. The van der Waals surface area contributed by atoms with Gasteiger partial charge in [-0.2, -0.15) is 0 Å². The minimum absolute atomic E-state index is 0. The molecule has 2 aromatic carbocycles. The van der Waals surface area contributed by atoms with E-state index in [1.165, 1.54) is 11.1 Å². The maximum atomic E-state index is 12.9. The first kappa shape index (κ1) is 25.4. The average molecular weight is 564 g/mol. The number of carbonyl (C=O) groups excluding carboxylic acids is 1. The molecular formula is C26H33IN2O4. The first-order valence-corrected chi connectivity index (χ1v) is 11.1. The average Bonchev–Trinajstić information content (AvgIpc) is 3.04. The normalized spacial score (nSPS) is 17.3. The lowest BCUT2D eigenvalue weighted by molar-refractivity contribution is -0.937. The summed E-state index contributed by atoms with van der Waals surface area (Å²) in [4.78, 5) is 12.9. The summed E-state index contributed by atoms with van der Waals surface area (Å²) in [6.45, 7) is 6.85. The van der Waals surface area contributed by atoms with Crippen LogP contribution in [0.3, 0.4) is 0 Å². The van der Waals surface area contributed by atoms with E-state index in [0.29, 0.717) is 12.2 Å². The standard InChI is InChI=1S/C26H33N2O4.HI/c1-7-32-26(29)24-17(2)27(3)22-10-11-23(31-6)21(25(22)24)16-28(4)13-12-18-14-20(30-5)9-8-19(18)15-28;/h8-11,14H,7,12-13,15-16H2,1-6H3;1H/q+1;/p-1. The van der Waals surface area contributed by atoms with Crippen LogP contribution in [0.1, 0.15) is 39.7 Å². The maximum absolute atomic E-state index is 12.9. The van der Waals surface area contributed by atoms with Crippen molar-refractivity contribution in [3.63, 3.8) is 0 Å². The Morgan fingerprint density at radius 3 is 2.55 bits per heavy atom. The highest BCUT2D eigenvalue weighted by atomic mass is 127. The van der Waals surface area contributed by atoms with Crippen LogP contribution in [-0.4, -0.2) is 49.4 Å². The summed E-state index contributed by atoms with van der Waals surface area (Å²) in [6.07, 6.45) is 0.986. The number of ether oxygens (including phenoxy) is 3.